The number of esters is 1. The van der Waals surface area contributed by atoms with E-state index in [9.17, 15) is 9.59 Å². The second-order valence-electron chi connectivity index (χ2n) is 11.7. The Kier molecular flexibility index (Phi) is 22.4. The predicted octanol–water partition coefficient (Wildman–Crippen LogP) is 9.84. The van der Waals surface area contributed by atoms with Gasteiger partial charge in [0.2, 0.25) is 0 Å². The van der Waals surface area contributed by atoms with Gasteiger partial charge in [-0.2, -0.15) is 0 Å². The van der Waals surface area contributed by atoms with E-state index in [0.717, 1.165) is 51.4 Å². The van der Waals surface area contributed by atoms with Crippen LogP contribution in [0, 0.1) is 29.6 Å². The minimum atomic E-state index is -0.686. The lowest BCUT2D eigenvalue weighted by Gasteiger charge is -2.28. The third-order valence-electron chi connectivity index (χ3n) is 8.24. The molecule has 0 bridgehead atoms. The van der Waals surface area contributed by atoms with E-state index in [4.69, 9.17) is 9.84 Å². The Morgan fingerprint density at radius 2 is 1.25 bits per heavy atom. The van der Waals surface area contributed by atoms with Crippen molar-refractivity contribution in [3.05, 3.63) is 0 Å². The SMILES string of the molecule is CCCCC(CC)COC(=O)C(CC(CC)CCCC)CC(CCCCCCCCC(=O)O)C(C)C. The number of ether oxygens (including phenoxy) is 1. The van der Waals surface area contributed by atoms with Gasteiger partial charge in [-0.15, -0.1) is 0 Å². The molecule has 36 heavy (non-hydrogen) atoms. The molecular formula is C32H62O4. The summed E-state index contributed by atoms with van der Waals surface area (Å²) in [6.07, 6.45) is 19.4. The smallest absolute Gasteiger partial charge is 0.308 e. The molecule has 0 aliphatic heterocycles. The number of carboxylic acid groups (broad SMARTS) is 1. The lowest BCUT2D eigenvalue weighted by Crippen LogP contribution is -2.27. The summed E-state index contributed by atoms with van der Waals surface area (Å²) in [6, 6.07) is 0. The minimum Gasteiger partial charge on any atom is -0.481 e. The summed E-state index contributed by atoms with van der Waals surface area (Å²) in [5.74, 6) is 1.63. The molecule has 0 amide bonds. The third-order valence-corrected chi connectivity index (χ3v) is 8.24. The second-order valence-corrected chi connectivity index (χ2v) is 11.7. The Bertz CT molecular complexity index is 530. The summed E-state index contributed by atoms with van der Waals surface area (Å²) in [6.45, 7) is 14.2. The van der Waals surface area contributed by atoms with Gasteiger partial charge in [0.1, 0.15) is 0 Å². The highest BCUT2D eigenvalue weighted by molar-refractivity contribution is 5.72. The molecule has 4 unspecified atom stereocenters. The van der Waals surface area contributed by atoms with Gasteiger partial charge in [0.05, 0.1) is 12.5 Å². The second kappa shape index (κ2) is 23.1. The van der Waals surface area contributed by atoms with Crippen LogP contribution in [-0.4, -0.2) is 23.7 Å². The summed E-state index contributed by atoms with van der Waals surface area (Å²) >= 11 is 0. The zero-order chi connectivity index (χ0) is 27.2. The van der Waals surface area contributed by atoms with Gasteiger partial charge < -0.3 is 9.84 Å². The molecule has 0 aromatic carbocycles. The van der Waals surface area contributed by atoms with Crippen molar-refractivity contribution in [1.82, 2.24) is 0 Å². The van der Waals surface area contributed by atoms with Crippen LogP contribution in [0.1, 0.15) is 157 Å². The van der Waals surface area contributed by atoms with Crippen LogP contribution in [0.4, 0.5) is 0 Å². The third kappa shape index (κ3) is 18.2. The molecule has 0 heterocycles. The van der Waals surface area contributed by atoms with Crippen LogP contribution in [0.15, 0.2) is 0 Å². The quantitative estimate of drug-likeness (QED) is 0.0980. The average Bonchev–Trinajstić information content (AvgIpc) is 2.85. The Morgan fingerprint density at radius 1 is 0.694 bits per heavy atom. The zero-order valence-corrected chi connectivity index (χ0v) is 25.0. The summed E-state index contributed by atoms with van der Waals surface area (Å²) in [5.41, 5.74) is 0. The summed E-state index contributed by atoms with van der Waals surface area (Å²) < 4.78 is 6.00. The molecule has 0 aromatic rings. The first-order valence-electron chi connectivity index (χ1n) is 15.7. The van der Waals surface area contributed by atoms with E-state index in [1.165, 1.54) is 57.8 Å². The van der Waals surface area contributed by atoms with Crippen LogP contribution in [0.25, 0.3) is 0 Å². The molecule has 0 fully saturated rings. The number of unbranched alkanes of at least 4 members (excludes halogenated alkanes) is 7. The maximum Gasteiger partial charge on any atom is 0.308 e. The molecule has 0 aromatic heterocycles. The molecule has 4 nitrogen and oxygen atoms in total. The standard InChI is InChI=1S/C32H62O4/c1-7-11-19-27(9-3)23-30(32(35)36-25-28(10-4)20-12-8-2)24-29(26(5)6)21-17-15-13-14-16-18-22-31(33)34/h26-30H,7-25H2,1-6H3,(H,33,34). The zero-order valence-electron chi connectivity index (χ0n) is 25.0. The summed E-state index contributed by atoms with van der Waals surface area (Å²) in [7, 11) is 0. The first-order valence-corrected chi connectivity index (χ1v) is 15.7. The molecule has 0 aliphatic rings. The van der Waals surface area contributed by atoms with Gasteiger partial charge in [-0.1, -0.05) is 125 Å². The van der Waals surface area contributed by atoms with Gasteiger partial charge in [-0.25, -0.2) is 0 Å². The van der Waals surface area contributed by atoms with Crippen molar-refractivity contribution in [3.8, 4) is 0 Å². The van der Waals surface area contributed by atoms with Crippen LogP contribution < -0.4 is 0 Å². The Labute approximate surface area is 224 Å². The maximum absolute atomic E-state index is 13.4. The Hall–Kier alpha value is -1.06. The average molecular weight is 511 g/mol. The van der Waals surface area contributed by atoms with E-state index >= 15 is 0 Å². The van der Waals surface area contributed by atoms with Crippen molar-refractivity contribution >= 4 is 11.9 Å². The number of rotatable bonds is 25. The molecule has 0 saturated heterocycles. The first kappa shape index (κ1) is 34.9. The van der Waals surface area contributed by atoms with Gasteiger partial charge in [0.25, 0.3) is 0 Å². The van der Waals surface area contributed by atoms with Gasteiger partial charge in [0, 0.05) is 6.42 Å². The highest BCUT2D eigenvalue weighted by Gasteiger charge is 2.28. The minimum absolute atomic E-state index is 0.0268. The topological polar surface area (TPSA) is 63.6 Å². The van der Waals surface area contributed by atoms with Crippen molar-refractivity contribution in [3.63, 3.8) is 0 Å². The highest BCUT2D eigenvalue weighted by Crippen LogP contribution is 2.32. The molecule has 0 aliphatic carbocycles. The van der Waals surface area contributed by atoms with Crippen LogP contribution >= 0.6 is 0 Å². The van der Waals surface area contributed by atoms with E-state index in [1.54, 1.807) is 0 Å². The summed E-state index contributed by atoms with van der Waals surface area (Å²) in [5, 5.41) is 8.77. The van der Waals surface area contributed by atoms with Crippen LogP contribution in [0.3, 0.4) is 0 Å². The number of carbonyl (C=O) groups is 2. The fourth-order valence-corrected chi connectivity index (χ4v) is 5.37. The number of carboxylic acids is 1. The summed E-state index contributed by atoms with van der Waals surface area (Å²) in [4.78, 5) is 24.0. The van der Waals surface area contributed by atoms with Crippen LogP contribution in [0.5, 0.6) is 0 Å². The largest absolute Gasteiger partial charge is 0.481 e. The van der Waals surface area contributed by atoms with Gasteiger partial charge in [-0.3, -0.25) is 9.59 Å². The highest BCUT2D eigenvalue weighted by atomic mass is 16.5. The fraction of sp³-hybridized carbons (Fsp3) is 0.938. The van der Waals surface area contributed by atoms with E-state index in [0.29, 0.717) is 36.7 Å². The molecule has 4 atom stereocenters. The van der Waals surface area contributed by atoms with E-state index in [1.807, 2.05) is 0 Å². The lowest BCUT2D eigenvalue weighted by molar-refractivity contribution is -0.151. The maximum atomic E-state index is 13.4. The molecule has 214 valence electrons. The fourth-order valence-electron chi connectivity index (χ4n) is 5.37. The van der Waals surface area contributed by atoms with E-state index in [2.05, 4.69) is 41.5 Å². The first-order chi connectivity index (χ1) is 17.3. The van der Waals surface area contributed by atoms with Gasteiger partial charge in [-0.05, 0) is 49.4 Å². The van der Waals surface area contributed by atoms with Crippen molar-refractivity contribution in [2.75, 3.05) is 6.61 Å². The Morgan fingerprint density at radius 3 is 1.78 bits per heavy atom. The van der Waals surface area contributed by atoms with E-state index < -0.39 is 5.97 Å². The molecule has 0 saturated carbocycles. The molecular weight excluding hydrogens is 448 g/mol. The van der Waals surface area contributed by atoms with Crippen molar-refractivity contribution in [2.24, 2.45) is 29.6 Å². The molecule has 1 N–H and O–H groups in total. The van der Waals surface area contributed by atoms with Crippen LogP contribution in [0.2, 0.25) is 0 Å². The molecule has 0 rings (SSSR count). The van der Waals surface area contributed by atoms with Crippen molar-refractivity contribution in [2.45, 2.75) is 157 Å². The normalized spacial score (nSPS) is 15.0. The van der Waals surface area contributed by atoms with Gasteiger partial charge >= 0.3 is 11.9 Å². The number of aliphatic carboxylic acids is 1. The van der Waals surface area contributed by atoms with E-state index in [-0.39, 0.29) is 11.9 Å². The molecule has 0 spiro atoms. The lowest BCUT2D eigenvalue weighted by atomic mass is 9.78. The van der Waals surface area contributed by atoms with Crippen LogP contribution in [-0.2, 0) is 14.3 Å². The molecule has 4 heteroatoms. The number of carbonyl (C=O) groups excluding carboxylic acids is 1. The number of hydrogen-bond donors (Lipinski definition) is 1. The monoisotopic (exact) mass is 510 g/mol. The Balaban J connectivity index is 4.94. The van der Waals surface area contributed by atoms with Crippen molar-refractivity contribution in [1.29, 1.82) is 0 Å². The van der Waals surface area contributed by atoms with Crippen molar-refractivity contribution < 1.29 is 19.4 Å². The predicted molar refractivity (Wildman–Crippen MR) is 153 cm³/mol. The number of hydrogen-bond acceptors (Lipinski definition) is 3. The van der Waals surface area contributed by atoms with Gasteiger partial charge in [0.15, 0.2) is 0 Å². The molecule has 0 radical (unpaired) electrons.